The molecule has 4 aromatic rings. The Hall–Kier alpha value is -4.05. The molecule has 0 bridgehead atoms. The minimum atomic E-state index is -4.84. The summed E-state index contributed by atoms with van der Waals surface area (Å²) in [6, 6.07) is 9.65. The maximum absolute atomic E-state index is 13.0. The molecule has 206 valence electrons. The van der Waals surface area contributed by atoms with E-state index in [1.807, 2.05) is 4.72 Å². The molecule has 3 aromatic carbocycles. The van der Waals surface area contributed by atoms with Crippen LogP contribution in [0.4, 0.5) is 32.0 Å². The average molecular weight is 593 g/mol. The van der Waals surface area contributed by atoms with Crippen molar-refractivity contribution in [2.24, 2.45) is 0 Å². The quantitative estimate of drug-likeness (QED) is 0.181. The highest BCUT2D eigenvalue weighted by molar-refractivity contribution is 7.92. The van der Waals surface area contributed by atoms with Gasteiger partial charge in [0.15, 0.2) is 11.3 Å². The average Bonchev–Trinajstić information content (AvgIpc) is 2.84. The smallest absolute Gasteiger partial charge is 0.416 e. The van der Waals surface area contributed by atoms with Crippen molar-refractivity contribution in [3.05, 3.63) is 94.3 Å². The SMILES string of the molecule is O=c1oc2c(OS(=O)(=O)c3cccc(C(F)(F)F)c3)cccc2cc1NS(=O)(=O)c1ccc(C(F)(F)F)cc1. The first-order valence-electron chi connectivity index (χ1n) is 10.4. The minimum Gasteiger partial charge on any atom is -0.417 e. The Bertz CT molecular complexity index is 1830. The molecule has 0 amide bonds. The van der Waals surface area contributed by atoms with Crippen LogP contribution in [0.2, 0.25) is 0 Å². The summed E-state index contributed by atoms with van der Waals surface area (Å²) in [5.41, 5.74) is -4.82. The van der Waals surface area contributed by atoms with Gasteiger partial charge in [0, 0.05) is 5.39 Å². The molecule has 4 rings (SSSR count). The van der Waals surface area contributed by atoms with Gasteiger partial charge in [0.1, 0.15) is 10.6 Å². The fraction of sp³-hybridized carbons (Fsp3) is 0.0870. The number of halogens is 6. The highest BCUT2D eigenvalue weighted by Gasteiger charge is 2.33. The predicted octanol–water partition coefficient (Wildman–Crippen LogP) is 5.40. The Morgan fingerprint density at radius 1 is 0.718 bits per heavy atom. The van der Waals surface area contributed by atoms with Crippen LogP contribution in [-0.2, 0) is 32.5 Å². The molecule has 8 nitrogen and oxygen atoms in total. The summed E-state index contributed by atoms with van der Waals surface area (Å²) in [5, 5.41) is -0.0588. The van der Waals surface area contributed by atoms with E-state index < -0.39 is 76.1 Å². The van der Waals surface area contributed by atoms with Crippen LogP contribution in [0.15, 0.2) is 91.8 Å². The van der Waals surface area contributed by atoms with E-state index >= 15 is 0 Å². The zero-order valence-electron chi connectivity index (χ0n) is 18.9. The van der Waals surface area contributed by atoms with Crippen molar-refractivity contribution in [1.82, 2.24) is 0 Å². The second-order valence-electron chi connectivity index (χ2n) is 7.81. The molecule has 0 fully saturated rings. The summed E-state index contributed by atoms with van der Waals surface area (Å²) < 4.78 is 140. The topological polar surface area (TPSA) is 120 Å². The van der Waals surface area contributed by atoms with Crippen LogP contribution < -0.4 is 14.5 Å². The van der Waals surface area contributed by atoms with E-state index in [1.54, 1.807) is 0 Å². The highest BCUT2D eigenvalue weighted by Crippen LogP contribution is 2.33. The lowest BCUT2D eigenvalue weighted by atomic mass is 10.2. The molecule has 0 aliphatic heterocycles. The Kier molecular flexibility index (Phi) is 6.89. The Labute approximate surface area is 215 Å². The van der Waals surface area contributed by atoms with Gasteiger partial charge in [-0.25, -0.2) is 13.2 Å². The molecule has 1 heterocycles. The van der Waals surface area contributed by atoms with Crippen LogP contribution in [0.5, 0.6) is 5.75 Å². The molecule has 0 radical (unpaired) electrons. The van der Waals surface area contributed by atoms with Crippen LogP contribution in [0.1, 0.15) is 11.1 Å². The van der Waals surface area contributed by atoms with Gasteiger partial charge in [-0.05, 0) is 54.6 Å². The number of hydrogen-bond donors (Lipinski definition) is 1. The van der Waals surface area contributed by atoms with Crippen LogP contribution >= 0.6 is 0 Å². The van der Waals surface area contributed by atoms with Crippen molar-refractivity contribution in [3.63, 3.8) is 0 Å². The van der Waals surface area contributed by atoms with Gasteiger partial charge in [0.25, 0.3) is 10.0 Å². The molecule has 0 aliphatic carbocycles. The van der Waals surface area contributed by atoms with Crippen LogP contribution in [-0.4, -0.2) is 16.8 Å². The van der Waals surface area contributed by atoms with E-state index in [0.717, 1.165) is 24.3 Å². The van der Waals surface area contributed by atoms with E-state index in [0.29, 0.717) is 36.4 Å². The lowest BCUT2D eigenvalue weighted by Crippen LogP contribution is -2.19. The minimum absolute atomic E-state index is 0.0588. The standard InChI is InChI=1S/C23H13F6NO7S2/c24-22(25,26)14-7-9-16(10-8-14)38(32,33)30-18-11-13-3-1-6-19(20(13)36-21(18)31)37-39(34,35)17-5-2-4-15(12-17)23(27,28)29/h1-12,30H. The molecule has 0 unspecified atom stereocenters. The number of alkyl halides is 6. The van der Waals surface area contributed by atoms with Gasteiger partial charge in [-0.15, -0.1) is 0 Å². The number of rotatable bonds is 6. The van der Waals surface area contributed by atoms with Gasteiger partial charge >= 0.3 is 28.1 Å². The van der Waals surface area contributed by atoms with Crippen molar-refractivity contribution in [3.8, 4) is 5.75 Å². The van der Waals surface area contributed by atoms with Crippen molar-refractivity contribution >= 4 is 36.8 Å². The molecule has 16 heteroatoms. The van der Waals surface area contributed by atoms with Crippen molar-refractivity contribution < 1.29 is 51.8 Å². The van der Waals surface area contributed by atoms with Crippen LogP contribution in [0, 0.1) is 0 Å². The summed E-state index contributed by atoms with van der Waals surface area (Å²) in [4.78, 5) is 11.1. The van der Waals surface area contributed by atoms with Gasteiger partial charge in [-0.3, -0.25) is 4.72 Å². The summed E-state index contributed by atoms with van der Waals surface area (Å²) in [5.74, 6) is -0.584. The molecule has 1 N–H and O–H groups in total. The summed E-state index contributed by atoms with van der Waals surface area (Å²) in [6.07, 6.45) is -9.54. The maximum Gasteiger partial charge on any atom is 0.416 e. The van der Waals surface area contributed by atoms with Gasteiger partial charge in [-0.1, -0.05) is 18.2 Å². The van der Waals surface area contributed by atoms with E-state index in [4.69, 9.17) is 8.60 Å². The molecule has 0 spiro atoms. The van der Waals surface area contributed by atoms with E-state index in [-0.39, 0.29) is 5.39 Å². The first-order chi connectivity index (χ1) is 18.0. The number of para-hydroxylation sites is 1. The number of anilines is 1. The third-order valence-electron chi connectivity index (χ3n) is 5.11. The fourth-order valence-corrected chi connectivity index (χ4v) is 5.30. The lowest BCUT2D eigenvalue weighted by molar-refractivity contribution is -0.138. The highest BCUT2D eigenvalue weighted by atomic mass is 32.2. The number of fused-ring (bicyclic) bond motifs is 1. The fourth-order valence-electron chi connectivity index (χ4n) is 3.28. The maximum atomic E-state index is 13.0. The predicted molar refractivity (Wildman–Crippen MR) is 124 cm³/mol. The zero-order chi connectivity index (χ0) is 28.8. The summed E-state index contributed by atoms with van der Waals surface area (Å²) in [7, 11) is -9.40. The van der Waals surface area contributed by atoms with Gasteiger partial charge < -0.3 is 8.60 Å². The lowest BCUT2D eigenvalue weighted by Gasteiger charge is -2.12. The molecule has 39 heavy (non-hydrogen) atoms. The van der Waals surface area contributed by atoms with Gasteiger partial charge in [0.05, 0.1) is 16.0 Å². The second-order valence-corrected chi connectivity index (χ2v) is 11.0. The molecule has 0 aliphatic rings. The van der Waals surface area contributed by atoms with E-state index in [9.17, 15) is 48.0 Å². The number of sulfonamides is 1. The third-order valence-corrected chi connectivity index (χ3v) is 7.72. The Morgan fingerprint density at radius 2 is 1.33 bits per heavy atom. The molecule has 0 saturated carbocycles. The first kappa shape index (κ1) is 28.0. The van der Waals surface area contributed by atoms with Crippen molar-refractivity contribution in [2.45, 2.75) is 22.1 Å². The summed E-state index contributed by atoms with van der Waals surface area (Å²) >= 11 is 0. The molecule has 1 aromatic heterocycles. The Balaban J connectivity index is 1.66. The van der Waals surface area contributed by atoms with Crippen molar-refractivity contribution in [1.29, 1.82) is 0 Å². The summed E-state index contributed by atoms with van der Waals surface area (Å²) in [6.45, 7) is 0. The van der Waals surface area contributed by atoms with E-state index in [1.165, 1.54) is 12.1 Å². The Morgan fingerprint density at radius 3 is 1.95 bits per heavy atom. The molecular formula is C23H13F6NO7S2. The van der Waals surface area contributed by atoms with Gasteiger partial charge in [0.2, 0.25) is 0 Å². The van der Waals surface area contributed by atoms with Crippen LogP contribution in [0.3, 0.4) is 0 Å². The van der Waals surface area contributed by atoms with Gasteiger partial charge in [-0.2, -0.15) is 34.8 Å². The molecule has 0 saturated heterocycles. The number of hydrogen-bond acceptors (Lipinski definition) is 7. The monoisotopic (exact) mass is 593 g/mol. The second kappa shape index (κ2) is 9.60. The van der Waals surface area contributed by atoms with E-state index in [2.05, 4.69) is 0 Å². The third kappa shape index (κ3) is 6.01. The number of nitrogens with one attached hydrogen (secondary N) is 1. The number of benzene rings is 3. The first-order valence-corrected chi connectivity index (χ1v) is 13.3. The van der Waals surface area contributed by atoms with Crippen LogP contribution in [0.25, 0.3) is 11.0 Å². The molecule has 0 atom stereocenters. The van der Waals surface area contributed by atoms with Crippen molar-refractivity contribution in [2.75, 3.05) is 4.72 Å². The largest absolute Gasteiger partial charge is 0.417 e. The zero-order valence-corrected chi connectivity index (χ0v) is 20.5. The normalized spacial score (nSPS) is 12.9. The molecular weight excluding hydrogens is 580 g/mol.